The van der Waals surface area contributed by atoms with Crippen LogP contribution in [-0.4, -0.2) is 22.5 Å². The van der Waals surface area contributed by atoms with Crippen molar-refractivity contribution in [2.75, 3.05) is 6.54 Å². The second-order valence-electron chi connectivity index (χ2n) is 6.11. The number of amides is 1. The predicted molar refractivity (Wildman–Crippen MR) is 91.5 cm³/mol. The number of aromatic nitrogens is 1. The van der Waals surface area contributed by atoms with E-state index >= 15 is 0 Å². The zero-order valence-corrected chi connectivity index (χ0v) is 13.8. The van der Waals surface area contributed by atoms with E-state index in [9.17, 15) is 9.18 Å². The molecule has 0 atom stereocenters. The zero-order chi connectivity index (χ0) is 18.1. The summed E-state index contributed by atoms with van der Waals surface area (Å²) in [6, 6.07) is 14.7. The minimum Gasteiger partial charge on any atom is -0.356 e. The first-order chi connectivity index (χ1) is 12.7. The Morgan fingerprint density at radius 1 is 1.23 bits per heavy atom. The molecule has 0 bridgehead atoms. The van der Waals surface area contributed by atoms with Crippen molar-refractivity contribution in [2.24, 2.45) is 0 Å². The number of carbonyl (C=O) groups is 1. The number of rotatable bonds is 2. The molecule has 0 saturated carbocycles. The number of carbonyl (C=O) groups excluding carboxylic acids is 1. The van der Waals surface area contributed by atoms with Crippen LogP contribution in [0.4, 0.5) is 4.39 Å². The minimum absolute atomic E-state index is 0.140. The van der Waals surface area contributed by atoms with Gasteiger partial charge < -0.3 is 9.42 Å². The molecule has 1 aliphatic rings. The molecule has 4 rings (SSSR count). The van der Waals surface area contributed by atoms with Gasteiger partial charge in [0.1, 0.15) is 5.82 Å². The highest BCUT2D eigenvalue weighted by Crippen LogP contribution is 2.31. The summed E-state index contributed by atoms with van der Waals surface area (Å²) in [6.07, 6.45) is 0.587. The highest BCUT2D eigenvalue weighted by Gasteiger charge is 2.28. The lowest BCUT2D eigenvalue weighted by molar-refractivity contribution is 0.0734. The molecule has 6 heteroatoms. The average Bonchev–Trinajstić information content (AvgIpc) is 3.11. The van der Waals surface area contributed by atoms with Gasteiger partial charge in [-0.2, -0.15) is 5.26 Å². The maximum Gasteiger partial charge on any atom is 0.254 e. The Balaban J connectivity index is 1.63. The van der Waals surface area contributed by atoms with Gasteiger partial charge in [-0.25, -0.2) is 4.39 Å². The molecule has 26 heavy (non-hydrogen) atoms. The third-order valence-corrected chi connectivity index (χ3v) is 4.47. The van der Waals surface area contributed by atoms with Gasteiger partial charge >= 0.3 is 0 Å². The number of hydrogen-bond donors (Lipinski definition) is 0. The summed E-state index contributed by atoms with van der Waals surface area (Å²) in [7, 11) is 0. The fraction of sp³-hybridized carbons (Fsp3) is 0.150. The maximum atomic E-state index is 13.2. The number of nitriles is 1. The number of halogens is 1. The first-order valence-electron chi connectivity index (χ1n) is 8.18. The first-order valence-corrected chi connectivity index (χ1v) is 8.18. The fourth-order valence-corrected chi connectivity index (χ4v) is 3.12. The van der Waals surface area contributed by atoms with Crippen molar-refractivity contribution >= 4 is 5.91 Å². The molecule has 0 spiro atoms. The standard InChI is InChI=1S/C20H14FN3O2/c21-16-6-4-14(5-7-16)19-17-12-24(9-8-18(17)23-26-19)20(25)15-3-1-2-13(10-15)11-22/h1-7,10H,8-9,12H2. The molecule has 0 radical (unpaired) electrons. The summed E-state index contributed by atoms with van der Waals surface area (Å²) in [5, 5.41) is 13.1. The molecule has 5 nitrogen and oxygen atoms in total. The van der Waals surface area contributed by atoms with Crippen LogP contribution in [0.1, 0.15) is 27.2 Å². The van der Waals surface area contributed by atoms with E-state index in [4.69, 9.17) is 9.78 Å². The number of hydrogen-bond acceptors (Lipinski definition) is 4. The second kappa shape index (κ2) is 6.45. The van der Waals surface area contributed by atoms with Crippen molar-refractivity contribution in [3.05, 3.63) is 76.7 Å². The largest absolute Gasteiger partial charge is 0.356 e. The van der Waals surface area contributed by atoms with E-state index in [0.29, 0.717) is 36.4 Å². The molecule has 0 fully saturated rings. The van der Waals surface area contributed by atoms with Crippen molar-refractivity contribution in [3.8, 4) is 17.4 Å². The molecule has 1 aliphatic heterocycles. The highest BCUT2D eigenvalue weighted by atomic mass is 19.1. The van der Waals surface area contributed by atoms with Crippen LogP contribution in [0, 0.1) is 17.1 Å². The normalized spacial score (nSPS) is 13.2. The Morgan fingerprint density at radius 2 is 2.04 bits per heavy atom. The van der Waals surface area contributed by atoms with Crippen LogP contribution in [0.2, 0.25) is 0 Å². The molecule has 3 aromatic rings. The van der Waals surface area contributed by atoms with Crippen molar-refractivity contribution in [1.82, 2.24) is 10.1 Å². The van der Waals surface area contributed by atoms with Gasteiger partial charge in [0.25, 0.3) is 5.91 Å². The van der Waals surface area contributed by atoms with E-state index in [0.717, 1.165) is 16.8 Å². The number of nitrogens with zero attached hydrogens (tertiary/aromatic N) is 3. The highest BCUT2D eigenvalue weighted by molar-refractivity contribution is 5.94. The maximum absolute atomic E-state index is 13.2. The molecule has 2 aromatic carbocycles. The molecule has 0 N–H and O–H groups in total. The van der Waals surface area contributed by atoms with Gasteiger partial charge in [-0.1, -0.05) is 11.2 Å². The van der Waals surface area contributed by atoms with E-state index in [1.54, 1.807) is 41.3 Å². The van der Waals surface area contributed by atoms with Gasteiger partial charge in [0.15, 0.2) is 5.76 Å². The molecule has 128 valence electrons. The Labute approximate surface area is 149 Å². The Morgan fingerprint density at radius 3 is 2.81 bits per heavy atom. The van der Waals surface area contributed by atoms with Gasteiger partial charge in [-0.15, -0.1) is 0 Å². The van der Waals surface area contributed by atoms with Gasteiger partial charge in [0, 0.05) is 29.7 Å². The Bertz CT molecular complexity index is 1020. The smallest absolute Gasteiger partial charge is 0.254 e. The lowest BCUT2D eigenvalue weighted by atomic mass is 10.0. The molecule has 0 unspecified atom stereocenters. The van der Waals surface area contributed by atoms with E-state index in [2.05, 4.69) is 5.16 Å². The molecule has 0 aliphatic carbocycles. The SMILES string of the molecule is N#Cc1cccc(C(=O)N2CCc3noc(-c4ccc(F)cc4)c3C2)c1. The van der Waals surface area contributed by atoms with Gasteiger partial charge in [-0.05, 0) is 42.5 Å². The van der Waals surface area contributed by atoms with Crippen molar-refractivity contribution < 1.29 is 13.7 Å². The van der Waals surface area contributed by atoms with Gasteiger partial charge in [0.2, 0.25) is 0 Å². The van der Waals surface area contributed by atoms with E-state index in [1.807, 2.05) is 6.07 Å². The third-order valence-electron chi connectivity index (χ3n) is 4.47. The van der Waals surface area contributed by atoms with E-state index in [-0.39, 0.29) is 11.7 Å². The summed E-state index contributed by atoms with van der Waals surface area (Å²) in [4.78, 5) is 14.5. The molecule has 1 aromatic heterocycles. The summed E-state index contributed by atoms with van der Waals surface area (Å²) >= 11 is 0. The molecule has 1 amide bonds. The quantitative estimate of drug-likeness (QED) is 0.711. The summed E-state index contributed by atoms with van der Waals surface area (Å²) in [6.45, 7) is 0.888. The van der Waals surface area contributed by atoms with Crippen LogP contribution >= 0.6 is 0 Å². The molecular weight excluding hydrogens is 333 g/mol. The van der Waals surface area contributed by atoms with Crippen LogP contribution in [0.25, 0.3) is 11.3 Å². The average molecular weight is 347 g/mol. The van der Waals surface area contributed by atoms with Crippen molar-refractivity contribution in [3.63, 3.8) is 0 Å². The van der Waals surface area contributed by atoms with Crippen molar-refractivity contribution in [2.45, 2.75) is 13.0 Å². The van der Waals surface area contributed by atoms with Crippen LogP contribution in [0.3, 0.4) is 0 Å². The molecule has 2 heterocycles. The van der Waals surface area contributed by atoms with Crippen molar-refractivity contribution in [1.29, 1.82) is 5.26 Å². The van der Waals surface area contributed by atoms with Crippen LogP contribution < -0.4 is 0 Å². The van der Waals surface area contributed by atoms with Gasteiger partial charge in [0.05, 0.1) is 23.9 Å². The van der Waals surface area contributed by atoms with Crippen LogP contribution in [0.5, 0.6) is 0 Å². The van der Waals surface area contributed by atoms with Crippen LogP contribution in [-0.2, 0) is 13.0 Å². The zero-order valence-electron chi connectivity index (χ0n) is 13.8. The summed E-state index contributed by atoms with van der Waals surface area (Å²) in [5.74, 6) is 0.0959. The lowest BCUT2D eigenvalue weighted by Gasteiger charge is -2.26. The Hall–Kier alpha value is -3.46. The second-order valence-corrected chi connectivity index (χ2v) is 6.11. The van der Waals surface area contributed by atoms with Gasteiger partial charge in [-0.3, -0.25) is 4.79 Å². The van der Waals surface area contributed by atoms with E-state index < -0.39 is 0 Å². The predicted octanol–water partition coefficient (Wildman–Crippen LogP) is 3.55. The summed E-state index contributed by atoms with van der Waals surface area (Å²) in [5.41, 5.74) is 3.31. The molecule has 0 saturated heterocycles. The topological polar surface area (TPSA) is 70.1 Å². The van der Waals surface area contributed by atoms with Crippen LogP contribution in [0.15, 0.2) is 53.1 Å². The number of benzene rings is 2. The lowest BCUT2D eigenvalue weighted by Crippen LogP contribution is -2.36. The summed E-state index contributed by atoms with van der Waals surface area (Å²) < 4.78 is 18.6. The van der Waals surface area contributed by atoms with E-state index in [1.165, 1.54) is 12.1 Å². The monoisotopic (exact) mass is 347 g/mol. The number of fused-ring (bicyclic) bond motifs is 1. The molecular formula is C20H14FN3O2. The fourth-order valence-electron chi connectivity index (χ4n) is 3.12. The minimum atomic E-state index is -0.323. The third kappa shape index (κ3) is 2.84. The first kappa shape index (κ1) is 16.0. The Kier molecular flexibility index (Phi) is 3.98.